The summed E-state index contributed by atoms with van der Waals surface area (Å²) in [5.41, 5.74) is 3.67. The molecule has 1 amide bonds. The van der Waals surface area contributed by atoms with E-state index in [-0.39, 0.29) is 11.8 Å². The molecule has 0 saturated heterocycles. The highest BCUT2D eigenvalue weighted by Gasteiger charge is 2.25. The minimum absolute atomic E-state index is 0.00740. The van der Waals surface area contributed by atoms with Crippen molar-refractivity contribution in [3.8, 4) is 11.5 Å². The van der Waals surface area contributed by atoms with E-state index in [1.54, 1.807) is 7.11 Å². The lowest BCUT2D eigenvalue weighted by molar-refractivity contribution is -0.121. The van der Waals surface area contributed by atoms with Crippen LogP contribution in [0.2, 0.25) is 0 Å². The van der Waals surface area contributed by atoms with Crippen molar-refractivity contribution in [3.05, 3.63) is 95.9 Å². The van der Waals surface area contributed by atoms with E-state index in [0.717, 1.165) is 34.6 Å². The molecule has 182 valence electrons. The largest absolute Gasteiger partial charge is 0.496 e. The van der Waals surface area contributed by atoms with Gasteiger partial charge in [-0.1, -0.05) is 62.4 Å². The number of pyridine rings is 1. The summed E-state index contributed by atoms with van der Waals surface area (Å²) in [6.07, 6.45) is 5.04. The van der Waals surface area contributed by atoms with Crippen molar-refractivity contribution in [1.82, 2.24) is 14.7 Å². The molecule has 6 nitrogen and oxygen atoms in total. The molecule has 0 radical (unpaired) electrons. The molecule has 0 aliphatic carbocycles. The van der Waals surface area contributed by atoms with Crippen LogP contribution in [0.5, 0.6) is 11.5 Å². The Bertz CT molecular complexity index is 1250. The van der Waals surface area contributed by atoms with E-state index in [9.17, 15) is 4.79 Å². The van der Waals surface area contributed by atoms with Gasteiger partial charge in [-0.25, -0.2) is 4.98 Å². The number of ether oxygens (including phenoxy) is 2. The SMILES string of the molecule is COc1ccccc1C(CC(=O)NCCC(C)C)c1cnc2c(OCc3ccccc3)cccn12. The molecule has 0 fully saturated rings. The third-order valence-electron chi connectivity index (χ3n) is 6.07. The van der Waals surface area contributed by atoms with Crippen LogP contribution < -0.4 is 14.8 Å². The second-order valence-corrected chi connectivity index (χ2v) is 9.05. The van der Waals surface area contributed by atoms with Crippen molar-refractivity contribution < 1.29 is 14.3 Å². The van der Waals surface area contributed by atoms with Crippen molar-refractivity contribution in [1.29, 1.82) is 0 Å². The summed E-state index contributed by atoms with van der Waals surface area (Å²) < 4.78 is 13.8. The maximum Gasteiger partial charge on any atom is 0.221 e. The van der Waals surface area contributed by atoms with Crippen LogP contribution >= 0.6 is 0 Å². The molecule has 0 bridgehead atoms. The number of fused-ring (bicyclic) bond motifs is 1. The highest BCUT2D eigenvalue weighted by atomic mass is 16.5. The number of aromatic nitrogens is 2. The maximum atomic E-state index is 13.0. The van der Waals surface area contributed by atoms with Crippen LogP contribution in [-0.2, 0) is 11.4 Å². The molecule has 0 spiro atoms. The normalized spacial score (nSPS) is 12.0. The Labute approximate surface area is 206 Å². The topological polar surface area (TPSA) is 64.9 Å². The zero-order valence-corrected chi connectivity index (χ0v) is 20.6. The van der Waals surface area contributed by atoms with Gasteiger partial charge in [0.1, 0.15) is 12.4 Å². The third-order valence-corrected chi connectivity index (χ3v) is 6.07. The summed E-state index contributed by atoms with van der Waals surface area (Å²) in [6, 6.07) is 21.8. The van der Waals surface area contributed by atoms with Gasteiger partial charge < -0.3 is 19.2 Å². The van der Waals surface area contributed by atoms with Crippen molar-refractivity contribution in [2.45, 2.75) is 39.2 Å². The van der Waals surface area contributed by atoms with E-state index in [1.807, 2.05) is 83.5 Å². The van der Waals surface area contributed by atoms with E-state index in [1.165, 1.54) is 0 Å². The van der Waals surface area contributed by atoms with Crippen LogP contribution in [0.25, 0.3) is 5.65 Å². The quantitative estimate of drug-likeness (QED) is 0.309. The lowest BCUT2D eigenvalue weighted by atomic mass is 9.91. The fourth-order valence-electron chi connectivity index (χ4n) is 4.20. The molecule has 1 N–H and O–H groups in total. The average molecular weight is 472 g/mol. The second kappa shape index (κ2) is 11.6. The molecule has 2 aromatic heterocycles. The lowest BCUT2D eigenvalue weighted by Crippen LogP contribution is -2.27. The molecule has 2 heterocycles. The predicted molar refractivity (Wildman–Crippen MR) is 138 cm³/mol. The standard InChI is InChI=1S/C29H33N3O3/c1-21(2)15-16-30-28(33)18-24(23-12-7-8-13-26(23)34-3)25-19-31-29-27(14-9-17-32(25)29)35-20-22-10-5-4-6-11-22/h4-14,17,19,21,24H,15-16,18,20H2,1-3H3,(H,30,33). The van der Waals surface area contributed by atoms with Gasteiger partial charge in [0.15, 0.2) is 11.4 Å². The smallest absolute Gasteiger partial charge is 0.221 e. The Morgan fingerprint density at radius 1 is 1.00 bits per heavy atom. The number of carbonyl (C=O) groups excluding carboxylic acids is 1. The molecule has 0 aliphatic rings. The number of nitrogens with zero attached hydrogens (tertiary/aromatic N) is 2. The van der Waals surface area contributed by atoms with Gasteiger partial charge in [0.25, 0.3) is 0 Å². The zero-order valence-electron chi connectivity index (χ0n) is 20.6. The van der Waals surface area contributed by atoms with Gasteiger partial charge in [-0.2, -0.15) is 0 Å². The van der Waals surface area contributed by atoms with Gasteiger partial charge in [-0.05, 0) is 36.1 Å². The van der Waals surface area contributed by atoms with Gasteiger partial charge in [0.05, 0.1) is 12.8 Å². The fraction of sp³-hybridized carbons (Fsp3) is 0.310. The summed E-state index contributed by atoms with van der Waals surface area (Å²) >= 11 is 0. The Morgan fingerprint density at radius 2 is 1.74 bits per heavy atom. The molecule has 4 rings (SSSR count). The molecule has 1 unspecified atom stereocenters. The third kappa shape index (κ3) is 6.01. The van der Waals surface area contributed by atoms with Crippen molar-refractivity contribution >= 4 is 11.6 Å². The van der Waals surface area contributed by atoms with E-state index in [4.69, 9.17) is 14.5 Å². The number of para-hydroxylation sites is 1. The monoisotopic (exact) mass is 471 g/mol. The van der Waals surface area contributed by atoms with E-state index >= 15 is 0 Å². The molecule has 1 atom stereocenters. The zero-order chi connectivity index (χ0) is 24.6. The van der Waals surface area contributed by atoms with Gasteiger partial charge >= 0.3 is 0 Å². The summed E-state index contributed by atoms with van der Waals surface area (Å²) in [5.74, 6) is 1.76. The number of imidazole rings is 1. The van der Waals surface area contributed by atoms with E-state index < -0.39 is 0 Å². The van der Waals surface area contributed by atoms with Crippen LogP contribution in [0.3, 0.4) is 0 Å². The van der Waals surface area contributed by atoms with E-state index in [0.29, 0.717) is 31.2 Å². The van der Waals surface area contributed by atoms with Crippen molar-refractivity contribution in [2.75, 3.05) is 13.7 Å². The predicted octanol–water partition coefficient (Wildman–Crippen LogP) is 5.61. The van der Waals surface area contributed by atoms with Gasteiger partial charge in [0.2, 0.25) is 5.91 Å². The summed E-state index contributed by atoms with van der Waals surface area (Å²) in [5, 5.41) is 3.08. The van der Waals surface area contributed by atoms with Crippen LogP contribution in [-0.4, -0.2) is 28.9 Å². The van der Waals surface area contributed by atoms with Gasteiger partial charge in [0, 0.05) is 36.8 Å². The first-order chi connectivity index (χ1) is 17.1. The number of hydrogen-bond acceptors (Lipinski definition) is 4. The van der Waals surface area contributed by atoms with Crippen LogP contribution in [0.1, 0.15) is 49.4 Å². The van der Waals surface area contributed by atoms with Crippen LogP contribution in [0, 0.1) is 5.92 Å². The number of nitrogens with one attached hydrogen (secondary N) is 1. The molecule has 6 heteroatoms. The molecule has 0 aliphatic heterocycles. The highest BCUT2D eigenvalue weighted by molar-refractivity contribution is 5.77. The molecular weight excluding hydrogens is 438 g/mol. The molecular formula is C29H33N3O3. The first-order valence-electron chi connectivity index (χ1n) is 12.1. The van der Waals surface area contributed by atoms with Gasteiger partial charge in [-0.3, -0.25) is 4.79 Å². The molecule has 4 aromatic rings. The number of carbonyl (C=O) groups is 1. The summed E-state index contributed by atoms with van der Waals surface area (Å²) in [7, 11) is 1.66. The highest BCUT2D eigenvalue weighted by Crippen LogP contribution is 2.35. The Kier molecular flexibility index (Phi) is 8.03. The first-order valence-corrected chi connectivity index (χ1v) is 12.1. The van der Waals surface area contributed by atoms with Crippen LogP contribution in [0.15, 0.2) is 79.1 Å². The summed E-state index contributed by atoms with van der Waals surface area (Å²) in [6.45, 7) is 5.43. The maximum absolute atomic E-state index is 13.0. The minimum Gasteiger partial charge on any atom is -0.496 e. The first kappa shape index (κ1) is 24.3. The Hall–Kier alpha value is -3.80. The fourth-order valence-corrected chi connectivity index (χ4v) is 4.20. The molecule has 0 saturated carbocycles. The summed E-state index contributed by atoms with van der Waals surface area (Å²) in [4.78, 5) is 17.7. The van der Waals surface area contributed by atoms with Crippen molar-refractivity contribution in [2.24, 2.45) is 5.92 Å². The Morgan fingerprint density at radius 3 is 2.51 bits per heavy atom. The second-order valence-electron chi connectivity index (χ2n) is 9.05. The number of rotatable bonds is 11. The average Bonchev–Trinajstić information content (AvgIpc) is 3.31. The Balaban J connectivity index is 1.65. The van der Waals surface area contributed by atoms with E-state index in [2.05, 4.69) is 19.2 Å². The van der Waals surface area contributed by atoms with Gasteiger partial charge in [-0.15, -0.1) is 0 Å². The molecule has 35 heavy (non-hydrogen) atoms. The minimum atomic E-state index is -0.232. The number of amides is 1. The number of benzene rings is 2. The van der Waals surface area contributed by atoms with Crippen LogP contribution in [0.4, 0.5) is 0 Å². The number of hydrogen-bond donors (Lipinski definition) is 1. The van der Waals surface area contributed by atoms with Crippen molar-refractivity contribution in [3.63, 3.8) is 0 Å². The number of methoxy groups -OCH3 is 1. The molecule has 2 aromatic carbocycles. The lowest BCUT2D eigenvalue weighted by Gasteiger charge is -2.20.